The molecule has 0 amide bonds. The Kier molecular flexibility index (Phi) is 6.46. The van der Waals surface area contributed by atoms with Crippen LogP contribution in [0.25, 0.3) is 0 Å². The number of carbonyl (C=O) groups is 2. The molecule has 0 unspecified atom stereocenters. The fraction of sp³-hybridized carbons (Fsp3) is 0.667. The molecule has 0 aromatic carbocycles. The molecule has 92 valence electrons. The van der Waals surface area contributed by atoms with E-state index >= 15 is 0 Å². The van der Waals surface area contributed by atoms with Crippen LogP contribution in [0.2, 0.25) is 0 Å². The van der Waals surface area contributed by atoms with E-state index < -0.39 is 11.7 Å². The van der Waals surface area contributed by atoms with E-state index in [1.807, 2.05) is 13.8 Å². The Bertz CT molecular complexity index is 289. The smallest absolute Gasteiger partial charge is 0.373 e. The van der Waals surface area contributed by atoms with Crippen molar-refractivity contribution in [2.75, 3.05) is 6.61 Å². The molecule has 0 aliphatic carbocycles. The van der Waals surface area contributed by atoms with Crippen molar-refractivity contribution in [2.45, 2.75) is 40.5 Å². The molecule has 0 radical (unpaired) electrons. The zero-order valence-electron chi connectivity index (χ0n) is 10.4. The van der Waals surface area contributed by atoms with Gasteiger partial charge in [-0.1, -0.05) is 20.8 Å². The van der Waals surface area contributed by atoms with Crippen LogP contribution >= 0.6 is 0 Å². The number of hydrogen-bond acceptors (Lipinski definition) is 4. The van der Waals surface area contributed by atoms with Crippen molar-refractivity contribution in [2.24, 2.45) is 5.92 Å². The van der Waals surface area contributed by atoms with Crippen molar-refractivity contribution in [3.05, 3.63) is 11.3 Å². The molecule has 0 aromatic rings. The second-order valence-electron chi connectivity index (χ2n) is 3.92. The maximum absolute atomic E-state index is 11.7. The van der Waals surface area contributed by atoms with Crippen LogP contribution in [0.15, 0.2) is 11.3 Å². The Balaban J connectivity index is 4.86. The van der Waals surface area contributed by atoms with Crippen LogP contribution < -0.4 is 0 Å². The molecule has 16 heavy (non-hydrogen) atoms. The minimum Gasteiger partial charge on any atom is -0.502 e. The molecular weight excluding hydrogens is 208 g/mol. The lowest BCUT2D eigenvalue weighted by Crippen LogP contribution is -2.15. The molecule has 0 saturated carbocycles. The highest BCUT2D eigenvalue weighted by Crippen LogP contribution is 2.14. The summed E-state index contributed by atoms with van der Waals surface area (Å²) >= 11 is 0. The first-order valence-corrected chi connectivity index (χ1v) is 5.56. The molecule has 0 spiro atoms. The summed E-state index contributed by atoms with van der Waals surface area (Å²) in [6, 6.07) is 0. The number of aliphatic hydroxyl groups excluding tert-OH is 1. The predicted molar refractivity (Wildman–Crippen MR) is 61.0 cm³/mol. The molecule has 0 saturated heterocycles. The number of rotatable bonds is 6. The van der Waals surface area contributed by atoms with E-state index in [1.54, 1.807) is 13.8 Å². The molecule has 4 nitrogen and oxygen atoms in total. The van der Waals surface area contributed by atoms with Gasteiger partial charge in [-0.3, -0.25) is 4.79 Å². The lowest BCUT2D eigenvalue weighted by atomic mass is 9.98. The van der Waals surface area contributed by atoms with Gasteiger partial charge in [-0.05, 0) is 19.3 Å². The van der Waals surface area contributed by atoms with Gasteiger partial charge in [0.2, 0.25) is 5.76 Å². The highest BCUT2D eigenvalue weighted by atomic mass is 16.5. The van der Waals surface area contributed by atoms with Gasteiger partial charge in [-0.2, -0.15) is 0 Å². The maximum atomic E-state index is 11.7. The fourth-order valence-electron chi connectivity index (χ4n) is 1.31. The molecule has 0 aromatic heterocycles. The van der Waals surface area contributed by atoms with Crippen molar-refractivity contribution in [3.8, 4) is 0 Å². The fourth-order valence-corrected chi connectivity index (χ4v) is 1.31. The summed E-state index contributed by atoms with van der Waals surface area (Å²) in [5.74, 6) is -1.36. The van der Waals surface area contributed by atoms with Gasteiger partial charge in [0.05, 0.1) is 6.61 Å². The molecule has 0 bridgehead atoms. The molecule has 1 N–H and O–H groups in total. The molecule has 0 rings (SSSR count). The molecule has 0 heterocycles. The summed E-state index contributed by atoms with van der Waals surface area (Å²) in [5.41, 5.74) is 0.159. The molecule has 0 aliphatic rings. The van der Waals surface area contributed by atoms with Gasteiger partial charge in [-0.25, -0.2) is 4.79 Å². The van der Waals surface area contributed by atoms with Crippen LogP contribution in [0.1, 0.15) is 40.5 Å². The summed E-state index contributed by atoms with van der Waals surface area (Å²) in [6.45, 7) is 7.37. The average molecular weight is 228 g/mol. The van der Waals surface area contributed by atoms with Crippen LogP contribution in [0.3, 0.4) is 0 Å². The van der Waals surface area contributed by atoms with E-state index in [2.05, 4.69) is 4.74 Å². The minimum absolute atomic E-state index is 0.159. The van der Waals surface area contributed by atoms with E-state index in [0.29, 0.717) is 12.8 Å². The Morgan fingerprint density at radius 1 is 1.25 bits per heavy atom. The first-order valence-electron chi connectivity index (χ1n) is 5.56. The number of allylic oxidation sites excluding steroid dienone is 1. The standard InChI is InChI=1S/C12H20O4/c1-5-9(10(13)7-8(3)4)11(14)12(15)16-6-2/h8,14H,5-7H2,1-4H3/b11-9-. The van der Waals surface area contributed by atoms with Crippen LogP contribution in [0, 0.1) is 5.92 Å². The Labute approximate surface area is 96.3 Å². The van der Waals surface area contributed by atoms with E-state index in [-0.39, 0.29) is 23.9 Å². The summed E-state index contributed by atoms with van der Waals surface area (Å²) < 4.78 is 4.64. The maximum Gasteiger partial charge on any atom is 0.373 e. The number of esters is 1. The third-order valence-electron chi connectivity index (χ3n) is 2.04. The number of ketones is 1. The molecule has 0 fully saturated rings. The Morgan fingerprint density at radius 3 is 2.19 bits per heavy atom. The zero-order valence-corrected chi connectivity index (χ0v) is 10.4. The first-order chi connectivity index (χ1) is 7.43. The Hall–Kier alpha value is -1.32. The number of carbonyl (C=O) groups excluding carboxylic acids is 2. The van der Waals surface area contributed by atoms with Crippen molar-refractivity contribution >= 4 is 11.8 Å². The summed E-state index contributed by atoms with van der Waals surface area (Å²) in [5, 5.41) is 9.58. The SMILES string of the molecule is CCOC(=O)/C(O)=C(\CC)C(=O)CC(C)C. The third-order valence-corrected chi connectivity index (χ3v) is 2.04. The monoisotopic (exact) mass is 228 g/mol. The second kappa shape index (κ2) is 7.04. The number of aliphatic hydroxyl groups is 1. The Morgan fingerprint density at radius 2 is 1.81 bits per heavy atom. The van der Waals surface area contributed by atoms with Gasteiger partial charge >= 0.3 is 5.97 Å². The van der Waals surface area contributed by atoms with Gasteiger partial charge in [-0.15, -0.1) is 0 Å². The molecule has 0 atom stereocenters. The largest absolute Gasteiger partial charge is 0.502 e. The van der Waals surface area contributed by atoms with Crippen LogP contribution in [0.5, 0.6) is 0 Å². The first kappa shape index (κ1) is 14.7. The highest BCUT2D eigenvalue weighted by Gasteiger charge is 2.20. The minimum atomic E-state index is -0.823. The van der Waals surface area contributed by atoms with E-state index in [4.69, 9.17) is 0 Å². The quantitative estimate of drug-likeness (QED) is 0.430. The molecule has 0 aliphatic heterocycles. The van der Waals surface area contributed by atoms with E-state index in [0.717, 1.165) is 0 Å². The van der Waals surface area contributed by atoms with Gasteiger partial charge < -0.3 is 9.84 Å². The summed E-state index contributed by atoms with van der Waals surface area (Å²) in [4.78, 5) is 23.0. The summed E-state index contributed by atoms with van der Waals surface area (Å²) in [7, 11) is 0. The van der Waals surface area contributed by atoms with Crippen molar-refractivity contribution in [1.29, 1.82) is 0 Å². The van der Waals surface area contributed by atoms with Crippen molar-refractivity contribution in [1.82, 2.24) is 0 Å². The van der Waals surface area contributed by atoms with E-state index in [9.17, 15) is 14.7 Å². The number of hydrogen-bond donors (Lipinski definition) is 1. The molecule has 4 heteroatoms. The normalized spacial score (nSPS) is 12.3. The number of ether oxygens (including phenoxy) is 1. The van der Waals surface area contributed by atoms with Gasteiger partial charge in [0.15, 0.2) is 5.78 Å². The van der Waals surface area contributed by atoms with Gasteiger partial charge in [0.1, 0.15) is 0 Å². The topological polar surface area (TPSA) is 63.6 Å². The van der Waals surface area contributed by atoms with Crippen molar-refractivity contribution in [3.63, 3.8) is 0 Å². The lowest BCUT2D eigenvalue weighted by Gasteiger charge is -2.09. The lowest BCUT2D eigenvalue weighted by molar-refractivity contribution is -0.142. The van der Waals surface area contributed by atoms with Crippen LogP contribution in [-0.4, -0.2) is 23.5 Å². The van der Waals surface area contributed by atoms with Gasteiger partial charge in [0.25, 0.3) is 0 Å². The van der Waals surface area contributed by atoms with Crippen LogP contribution in [-0.2, 0) is 14.3 Å². The van der Waals surface area contributed by atoms with Crippen LogP contribution in [0.4, 0.5) is 0 Å². The van der Waals surface area contributed by atoms with E-state index in [1.165, 1.54) is 0 Å². The average Bonchev–Trinajstić information content (AvgIpc) is 2.17. The summed E-state index contributed by atoms with van der Waals surface area (Å²) in [6.07, 6.45) is 0.656. The van der Waals surface area contributed by atoms with Gasteiger partial charge in [0, 0.05) is 12.0 Å². The third kappa shape index (κ3) is 4.47. The highest BCUT2D eigenvalue weighted by molar-refractivity contribution is 6.02. The van der Waals surface area contributed by atoms with Crippen molar-refractivity contribution < 1.29 is 19.4 Å². The second-order valence-corrected chi connectivity index (χ2v) is 3.92. The molecular formula is C12H20O4. The zero-order chi connectivity index (χ0) is 12.7. The predicted octanol–water partition coefficient (Wildman–Crippen LogP) is 2.39. The number of Topliss-reactive ketones (excluding diaryl/α,β-unsaturated/α-hetero) is 1.